The van der Waals surface area contributed by atoms with Crippen molar-refractivity contribution in [1.29, 1.82) is 0 Å². The van der Waals surface area contributed by atoms with Gasteiger partial charge in [-0.1, -0.05) is 127 Å². The van der Waals surface area contributed by atoms with E-state index in [2.05, 4.69) is 47.8 Å². The molecule has 8 heteroatoms. The first kappa shape index (κ1) is 37.1. The van der Waals surface area contributed by atoms with E-state index >= 15 is 0 Å². The number of fused-ring (bicyclic) bond motifs is 1. The third-order valence-corrected chi connectivity index (χ3v) is 10.2. The van der Waals surface area contributed by atoms with E-state index in [-0.39, 0.29) is 48.0 Å². The Morgan fingerprint density at radius 1 is 0.932 bits per heavy atom. The predicted octanol–water partition coefficient (Wildman–Crippen LogP) is 9.45. The Hall–Kier alpha value is -3.06. The molecular weight excluding hydrogens is 751 g/mol. The summed E-state index contributed by atoms with van der Waals surface area (Å²) in [7, 11) is -1.51. The van der Waals surface area contributed by atoms with Gasteiger partial charge in [0.2, 0.25) is 0 Å². The van der Waals surface area contributed by atoms with E-state index in [1.165, 1.54) is 11.3 Å². The zero-order chi connectivity index (χ0) is 32.2. The second-order valence-corrected chi connectivity index (χ2v) is 18.2. The molecule has 2 heterocycles. The number of carbonyl (C=O) groups excluding carboxylic acids is 1. The standard InChI is InChI=1S/C23H19F2N2Si.C13H24O2.Ir/c1-28(2,3)16-9-11-20-19(13-16)18(15-7-5-4-6-8-15)14-21(26-20)17-10-12-22(24)27-23(17)25;1-7-12(3,4)10(14)9-11(15)13(5,6)8-2;/h4-9,11-14H,1-3H3;9,14H,7-8H2,1-6H3;/q-1;;/b;10-9-;. The molecule has 0 saturated heterocycles. The molecule has 237 valence electrons. The fourth-order valence-electron chi connectivity index (χ4n) is 4.10. The van der Waals surface area contributed by atoms with Crippen molar-refractivity contribution in [3.63, 3.8) is 0 Å². The molecule has 0 spiro atoms. The van der Waals surface area contributed by atoms with E-state index in [0.717, 1.165) is 40.9 Å². The van der Waals surface area contributed by atoms with Gasteiger partial charge in [-0.2, -0.15) is 0 Å². The van der Waals surface area contributed by atoms with Crippen molar-refractivity contribution in [3.05, 3.63) is 90.5 Å². The van der Waals surface area contributed by atoms with Gasteiger partial charge in [-0.3, -0.25) is 14.8 Å². The van der Waals surface area contributed by atoms with Crippen LogP contribution >= 0.6 is 0 Å². The number of hydrogen-bond acceptors (Lipinski definition) is 4. The van der Waals surface area contributed by atoms with Crippen LogP contribution in [-0.2, 0) is 24.9 Å². The minimum atomic E-state index is -1.51. The second kappa shape index (κ2) is 14.8. The van der Waals surface area contributed by atoms with E-state index < -0.39 is 20.0 Å². The molecule has 4 aromatic rings. The molecule has 0 fully saturated rings. The molecule has 0 unspecified atom stereocenters. The van der Waals surface area contributed by atoms with Crippen molar-refractivity contribution in [2.24, 2.45) is 10.8 Å². The van der Waals surface area contributed by atoms with Crippen LogP contribution in [0.3, 0.4) is 0 Å². The van der Waals surface area contributed by atoms with E-state index in [1.807, 2.05) is 84.0 Å². The quantitative estimate of drug-likeness (QED) is 0.0635. The Bertz CT molecular complexity index is 1630. The van der Waals surface area contributed by atoms with E-state index in [0.29, 0.717) is 5.69 Å². The molecule has 1 radical (unpaired) electrons. The average molecular weight is 794 g/mol. The molecule has 1 N–H and O–H groups in total. The summed E-state index contributed by atoms with van der Waals surface area (Å²) in [6.45, 7) is 18.5. The summed E-state index contributed by atoms with van der Waals surface area (Å²) in [6.07, 6.45) is 2.99. The van der Waals surface area contributed by atoms with Crippen molar-refractivity contribution in [2.75, 3.05) is 0 Å². The summed E-state index contributed by atoms with van der Waals surface area (Å²) >= 11 is 0. The monoisotopic (exact) mass is 794 g/mol. The summed E-state index contributed by atoms with van der Waals surface area (Å²) in [5.41, 5.74) is 2.50. The van der Waals surface area contributed by atoms with E-state index in [9.17, 15) is 18.7 Å². The Labute approximate surface area is 275 Å². The van der Waals surface area contributed by atoms with Crippen LogP contribution in [0.15, 0.2) is 72.5 Å². The van der Waals surface area contributed by atoms with Crippen LogP contribution in [0.4, 0.5) is 8.78 Å². The number of nitrogens with zero attached hydrogens (tertiary/aromatic N) is 2. The third-order valence-electron chi connectivity index (χ3n) is 8.16. The van der Waals surface area contributed by atoms with Crippen molar-refractivity contribution in [2.45, 2.75) is 74.0 Å². The number of aliphatic hydroxyl groups excluding tert-OH is 1. The molecular formula is C36H43F2IrN2O2Si-. The van der Waals surface area contributed by atoms with Gasteiger partial charge in [0, 0.05) is 42.4 Å². The minimum Gasteiger partial charge on any atom is -0.512 e. The van der Waals surface area contributed by atoms with Gasteiger partial charge in [-0.25, -0.2) is 8.78 Å². The van der Waals surface area contributed by atoms with Gasteiger partial charge >= 0.3 is 0 Å². The maximum Gasteiger partial charge on any atom is 0.164 e. The van der Waals surface area contributed by atoms with Gasteiger partial charge in [-0.05, 0) is 35.7 Å². The van der Waals surface area contributed by atoms with Gasteiger partial charge in [0.05, 0.1) is 13.6 Å². The normalized spacial score (nSPS) is 12.3. The van der Waals surface area contributed by atoms with Crippen molar-refractivity contribution >= 4 is 29.9 Å². The number of ketones is 1. The van der Waals surface area contributed by atoms with Gasteiger partial charge in [0.25, 0.3) is 0 Å². The molecule has 0 atom stereocenters. The summed E-state index contributed by atoms with van der Waals surface area (Å²) in [5, 5.41) is 12.2. The Balaban J connectivity index is 0.000000363. The average Bonchev–Trinajstić information content (AvgIpc) is 2.96. The molecule has 0 aliphatic heterocycles. The van der Waals surface area contributed by atoms with Crippen LogP contribution < -0.4 is 5.19 Å². The number of aliphatic hydroxyl groups is 1. The van der Waals surface area contributed by atoms with Crippen LogP contribution in [0, 0.1) is 28.8 Å². The zero-order valence-electron chi connectivity index (χ0n) is 27.1. The first-order chi connectivity index (χ1) is 20.0. The zero-order valence-corrected chi connectivity index (χ0v) is 30.5. The van der Waals surface area contributed by atoms with Crippen molar-refractivity contribution in [1.82, 2.24) is 9.97 Å². The van der Waals surface area contributed by atoms with Crippen LogP contribution in [0.25, 0.3) is 33.3 Å². The number of rotatable bonds is 8. The largest absolute Gasteiger partial charge is 0.512 e. The minimum absolute atomic E-state index is 0. The molecule has 4 nitrogen and oxygen atoms in total. The van der Waals surface area contributed by atoms with Gasteiger partial charge < -0.3 is 5.11 Å². The number of benzene rings is 2. The molecule has 2 aromatic heterocycles. The fourth-order valence-corrected chi connectivity index (χ4v) is 5.26. The SMILES string of the molecule is CCC(C)(C)C(=O)/C=C(\O)C(C)(C)CC.C[Si](C)(C)c1ccc2nc(-c3[c-]cc(F)nc3F)cc(-c3ccccc3)c2c1.[Ir]. The van der Waals surface area contributed by atoms with E-state index in [4.69, 9.17) is 0 Å². The third kappa shape index (κ3) is 8.99. The van der Waals surface area contributed by atoms with Crippen LogP contribution in [-0.4, -0.2) is 28.9 Å². The van der Waals surface area contributed by atoms with Crippen molar-refractivity contribution in [3.8, 4) is 22.4 Å². The summed E-state index contributed by atoms with van der Waals surface area (Å²) in [6, 6.07) is 21.7. The number of pyridine rings is 2. The first-order valence-corrected chi connectivity index (χ1v) is 18.2. The molecule has 0 aliphatic carbocycles. The molecule has 0 aliphatic rings. The molecule has 0 saturated carbocycles. The summed E-state index contributed by atoms with van der Waals surface area (Å²) < 4.78 is 27.5. The predicted molar refractivity (Wildman–Crippen MR) is 176 cm³/mol. The number of halogens is 2. The molecule has 0 amide bonds. The Morgan fingerprint density at radius 3 is 2.09 bits per heavy atom. The first-order valence-electron chi connectivity index (χ1n) is 14.7. The maximum absolute atomic E-state index is 14.3. The number of hydrogen-bond donors (Lipinski definition) is 1. The number of carbonyl (C=O) groups is 1. The van der Waals surface area contributed by atoms with Crippen LogP contribution in [0.2, 0.25) is 19.6 Å². The molecule has 2 aromatic carbocycles. The van der Waals surface area contributed by atoms with Gasteiger partial charge in [0.15, 0.2) is 5.78 Å². The van der Waals surface area contributed by atoms with Crippen LogP contribution in [0.1, 0.15) is 54.4 Å². The van der Waals surface area contributed by atoms with Crippen LogP contribution in [0.5, 0.6) is 0 Å². The Kier molecular flexibility index (Phi) is 12.5. The number of allylic oxidation sites excluding steroid dienone is 2. The molecule has 44 heavy (non-hydrogen) atoms. The topological polar surface area (TPSA) is 63.1 Å². The molecule has 4 rings (SSSR count). The Morgan fingerprint density at radius 2 is 1.55 bits per heavy atom. The second-order valence-electron chi connectivity index (χ2n) is 13.2. The number of aromatic nitrogens is 2. The van der Waals surface area contributed by atoms with Gasteiger partial charge in [0.1, 0.15) is 17.7 Å². The summed E-state index contributed by atoms with van der Waals surface area (Å²) in [4.78, 5) is 19.7. The fraction of sp³-hybridized carbons (Fsp3) is 0.361. The van der Waals surface area contributed by atoms with Crippen molar-refractivity contribution < 1.29 is 38.8 Å². The maximum atomic E-state index is 14.3. The summed E-state index contributed by atoms with van der Waals surface area (Å²) in [5.74, 6) is -1.62. The van der Waals surface area contributed by atoms with E-state index in [1.54, 1.807) is 0 Å². The van der Waals surface area contributed by atoms with Gasteiger partial charge in [-0.15, -0.1) is 6.07 Å². The smallest absolute Gasteiger partial charge is 0.164 e. The molecule has 0 bridgehead atoms.